The normalized spacial score (nSPS) is 16.9. The fraction of sp³-hybridized carbons (Fsp3) is 0.750. The van der Waals surface area contributed by atoms with Gasteiger partial charge in [0, 0.05) is 12.1 Å². The summed E-state index contributed by atoms with van der Waals surface area (Å²) < 4.78 is 1.71. The SMILES string of the molecule is Cc1nn(C(C)C)c(NC(C)C2CC2)c1[N+](=O)[O-]. The van der Waals surface area contributed by atoms with Crippen LogP contribution in [0.2, 0.25) is 0 Å². The maximum atomic E-state index is 11.2. The molecule has 1 aromatic heterocycles. The van der Waals surface area contributed by atoms with Crippen LogP contribution in [-0.2, 0) is 0 Å². The number of hydrogen-bond donors (Lipinski definition) is 1. The number of hydrogen-bond acceptors (Lipinski definition) is 4. The molecular weight excluding hydrogens is 232 g/mol. The second-order valence-electron chi connectivity index (χ2n) is 5.35. The van der Waals surface area contributed by atoms with Crippen molar-refractivity contribution in [2.24, 2.45) is 5.92 Å². The van der Waals surface area contributed by atoms with Gasteiger partial charge in [0.2, 0.25) is 5.82 Å². The van der Waals surface area contributed by atoms with Crippen LogP contribution >= 0.6 is 0 Å². The monoisotopic (exact) mass is 252 g/mol. The van der Waals surface area contributed by atoms with Crippen molar-refractivity contribution in [3.8, 4) is 0 Å². The zero-order valence-corrected chi connectivity index (χ0v) is 11.3. The minimum atomic E-state index is -0.344. The lowest BCUT2D eigenvalue weighted by Crippen LogP contribution is -2.21. The van der Waals surface area contributed by atoms with Gasteiger partial charge in [0.05, 0.1) is 4.92 Å². The average molecular weight is 252 g/mol. The summed E-state index contributed by atoms with van der Waals surface area (Å²) in [5, 5.41) is 18.7. The molecule has 1 N–H and O–H groups in total. The number of nitrogens with zero attached hydrogens (tertiary/aromatic N) is 3. The summed E-state index contributed by atoms with van der Waals surface area (Å²) in [7, 11) is 0. The standard InChI is InChI=1S/C12H20N4O2/c1-7(2)15-12(13-8(3)10-5-6-10)11(16(17)18)9(4)14-15/h7-8,10,13H,5-6H2,1-4H3. The number of aryl methyl sites for hydroxylation is 1. The van der Waals surface area contributed by atoms with Crippen LogP contribution < -0.4 is 5.32 Å². The summed E-state index contributed by atoms with van der Waals surface area (Å²) in [5.74, 6) is 1.19. The van der Waals surface area contributed by atoms with Gasteiger partial charge >= 0.3 is 5.69 Å². The van der Waals surface area contributed by atoms with Crippen LogP contribution in [0.5, 0.6) is 0 Å². The molecule has 1 unspecified atom stereocenters. The molecule has 6 nitrogen and oxygen atoms in total. The van der Waals surface area contributed by atoms with Crippen LogP contribution in [0.4, 0.5) is 11.5 Å². The van der Waals surface area contributed by atoms with Crippen LogP contribution in [-0.4, -0.2) is 20.7 Å². The van der Waals surface area contributed by atoms with Crippen LogP contribution in [0.3, 0.4) is 0 Å². The van der Waals surface area contributed by atoms with Gasteiger partial charge < -0.3 is 5.32 Å². The average Bonchev–Trinajstić information content (AvgIpc) is 3.03. The fourth-order valence-corrected chi connectivity index (χ4v) is 2.20. The molecule has 0 bridgehead atoms. The van der Waals surface area contributed by atoms with Gasteiger partial charge in [-0.1, -0.05) is 0 Å². The Kier molecular flexibility index (Phi) is 3.28. The van der Waals surface area contributed by atoms with E-state index < -0.39 is 0 Å². The molecule has 1 heterocycles. The summed E-state index contributed by atoms with van der Waals surface area (Å²) in [4.78, 5) is 10.8. The Morgan fingerprint density at radius 3 is 2.50 bits per heavy atom. The highest BCUT2D eigenvalue weighted by atomic mass is 16.6. The molecule has 1 saturated carbocycles. The third-order valence-corrected chi connectivity index (χ3v) is 3.42. The molecule has 1 fully saturated rings. The van der Waals surface area contributed by atoms with Crippen molar-refractivity contribution in [3.05, 3.63) is 15.8 Å². The van der Waals surface area contributed by atoms with E-state index in [2.05, 4.69) is 17.3 Å². The van der Waals surface area contributed by atoms with Crippen molar-refractivity contribution in [1.29, 1.82) is 0 Å². The van der Waals surface area contributed by atoms with Gasteiger partial charge in [-0.2, -0.15) is 5.10 Å². The van der Waals surface area contributed by atoms with Crippen molar-refractivity contribution >= 4 is 11.5 Å². The Labute approximate surface area is 107 Å². The van der Waals surface area contributed by atoms with Crippen LogP contribution in [0.1, 0.15) is 45.3 Å². The lowest BCUT2D eigenvalue weighted by Gasteiger charge is -2.16. The minimum absolute atomic E-state index is 0.103. The summed E-state index contributed by atoms with van der Waals surface area (Å²) in [6.45, 7) is 7.71. The molecule has 0 aliphatic heterocycles. The highest BCUT2D eigenvalue weighted by Crippen LogP contribution is 2.37. The smallest absolute Gasteiger partial charge is 0.333 e. The molecule has 18 heavy (non-hydrogen) atoms. The first kappa shape index (κ1) is 12.9. The highest BCUT2D eigenvalue weighted by Gasteiger charge is 2.32. The second kappa shape index (κ2) is 4.59. The van der Waals surface area contributed by atoms with E-state index in [1.165, 1.54) is 12.8 Å². The molecule has 0 spiro atoms. The van der Waals surface area contributed by atoms with E-state index >= 15 is 0 Å². The lowest BCUT2D eigenvalue weighted by molar-refractivity contribution is -0.384. The molecule has 0 radical (unpaired) electrons. The number of aromatic nitrogens is 2. The van der Waals surface area contributed by atoms with Gasteiger partial charge in [-0.15, -0.1) is 0 Å². The largest absolute Gasteiger partial charge is 0.362 e. The van der Waals surface area contributed by atoms with E-state index in [1.54, 1.807) is 11.6 Å². The zero-order valence-electron chi connectivity index (χ0n) is 11.3. The van der Waals surface area contributed by atoms with E-state index in [1.807, 2.05) is 13.8 Å². The second-order valence-corrected chi connectivity index (χ2v) is 5.35. The van der Waals surface area contributed by atoms with E-state index in [-0.39, 0.29) is 22.7 Å². The first-order valence-corrected chi connectivity index (χ1v) is 6.41. The lowest BCUT2D eigenvalue weighted by atomic mass is 10.2. The maximum Gasteiger partial charge on any atom is 0.333 e. The summed E-state index contributed by atoms with van der Waals surface area (Å²) in [5.41, 5.74) is 0.579. The Bertz CT molecular complexity index is 463. The molecule has 0 aromatic carbocycles. The summed E-state index contributed by atoms with van der Waals surface area (Å²) in [6, 6.07) is 0.364. The van der Waals surface area contributed by atoms with Crippen molar-refractivity contribution < 1.29 is 4.92 Å². The van der Waals surface area contributed by atoms with Crippen molar-refractivity contribution in [1.82, 2.24) is 9.78 Å². The Hall–Kier alpha value is -1.59. The molecule has 6 heteroatoms. The molecule has 1 atom stereocenters. The van der Waals surface area contributed by atoms with Gasteiger partial charge in [0.15, 0.2) is 0 Å². The predicted molar refractivity (Wildman–Crippen MR) is 69.8 cm³/mol. The molecule has 1 aliphatic carbocycles. The molecule has 0 amide bonds. The Morgan fingerprint density at radius 1 is 1.44 bits per heavy atom. The number of nitrogens with one attached hydrogen (secondary N) is 1. The Balaban J connectivity index is 2.36. The highest BCUT2D eigenvalue weighted by molar-refractivity contribution is 5.60. The Morgan fingerprint density at radius 2 is 2.06 bits per heavy atom. The minimum Gasteiger partial charge on any atom is -0.362 e. The number of anilines is 1. The van der Waals surface area contributed by atoms with E-state index in [9.17, 15) is 10.1 Å². The van der Waals surface area contributed by atoms with Gasteiger partial charge in [-0.25, -0.2) is 4.68 Å². The first-order chi connectivity index (χ1) is 8.41. The fourth-order valence-electron chi connectivity index (χ4n) is 2.20. The molecule has 0 saturated heterocycles. The van der Waals surface area contributed by atoms with Gasteiger partial charge in [0.25, 0.3) is 0 Å². The van der Waals surface area contributed by atoms with Crippen LogP contribution in [0.25, 0.3) is 0 Å². The van der Waals surface area contributed by atoms with Crippen LogP contribution in [0.15, 0.2) is 0 Å². The third-order valence-electron chi connectivity index (χ3n) is 3.42. The molecule has 100 valence electrons. The van der Waals surface area contributed by atoms with Crippen molar-refractivity contribution in [3.63, 3.8) is 0 Å². The van der Waals surface area contributed by atoms with Crippen molar-refractivity contribution in [2.45, 2.75) is 52.6 Å². The topological polar surface area (TPSA) is 73.0 Å². The molecule has 2 rings (SSSR count). The molecular formula is C12H20N4O2. The van der Waals surface area contributed by atoms with Crippen molar-refractivity contribution in [2.75, 3.05) is 5.32 Å². The van der Waals surface area contributed by atoms with Crippen LogP contribution in [0, 0.1) is 23.0 Å². The zero-order chi connectivity index (χ0) is 13.4. The molecule has 1 aromatic rings. The van der Waals surface area contributed by atoms with Gasteiger partial charge in [0.1, 0.15) is 5.69 Å². The quantitative estimate of drug-likeness (QED) is 0.646. The summed E-state index contributed by atoms with van der Waals surface area (Å²) in [6.07, 6.45) is 2.41. The van der Waals surface area contributed by atoms with Gasteiger partial charge in [-0.3, -0.25) is 10.1 Å². The van der Waals surface area contributed by atoms with Gasteiger partial charge in [-0.05, 0) is 46.5 Å². The first-order valence-electron chi connectivity index (χ1n) is 6.41. The van der Waals surface area contributed by atoms with E-state index in [4.69, 9.17) is 0 Å². The molecule has 1 aliphatic rings. The number of rotatable bonds is 5. The van der Waals surface area contributed by atoms with E-state index in [0.29, 0.717) is 17.4 Å². The van der Waals surface area contributed by atoms with E-state index in [0.717, 1.165) is 0 Å². The third kappa shape index (κ3) is 2.32. The number of nitro groups is 1. The summed E-state index contributed by atoms with van der Waals surface area (Å²) >= 11 is 0. The predicted octanol–water partition coefficient (Wildman–Crippen LogP) is 2.89. The maximum absolute atomic E-state index is 11.2.